The molecule has 0 aliphatic heterocycles. The first kappa shape index (κ1) is 21.4. The van der Waals surface area contributed by atoms with E-state index in [1.54, 1.807) is 11.8 Å². The number of aliphatic hydroxyl groups excluding tert-OH is 1. The monoisotopic (exact) mass is 394 g/mol. The lowest BCUT2D eigenvalue weighted by Crippen LogP contribution is -2.50. The average Bonchev–Trinajstić information content (AvgIpc) is 2.61. The molecular formula is C22H38N2O4. The first-order valence-corrected chi connectivity index (χ1v) is 11.0. The molecule has 0 spiro atoms. The molecule has 4 aliphatic carbocycles. The summed E-state index contributed by atoms with van der Waals surface area (Å²) in [4.78, 5) is 25.7. The van der Waals surface area contributed by atoms with Crippen LogP contribution in [0.25, 0.3) is 0 Å². The number of carbonyl (C=O) groups excluding carboxylic acids is 1. The Balaban J connectivity index is 1.54. The van der Waals surface area contributed by atoms with Crippen LogP contribution in [0.3, 0.4) is 0 Å². The van der Waals surface area contributed by atoms with Gasteiger partial charge in [-0.25, -0.2) is 4.79 Å². The van der Waals surface area contributed by atoms with Gasteiger partial charge in [0, 0.05) is 19.6 Å². The van der Waals surface area contributed by atoms with Crippen LogP contribution < -0.4 is 5.32 Å². The fourth-order valence-electron chi connectivity index (χ4n) is 6.31. The van der Waals surface area contributed by atoms with Gasteiger partial charge in [-0.05, 0) is 73.5 Å². The fraction of sp³-hybridized carbons (Fsp3) is 0.909. The summed E-state index contributed by atoms with van der Waals surface area (Å²) in [6.07, 6.45) is 9.22. The molecule has 4 saturated carbocycles. The number of aliphatic hydroxyl groups is 1. The molecule has 4 fully saturated rings. The highest BCUT2D eigenvalue weighted by atomic mass is 16.4. The molecule has 4 aliphatic rings. The van der Waals surface area contributed by atoms with Crippen LogP contribution in [0.2, 0.25) is 0 Å². The molecule has 0 unspecified atom stereocenters. The molecule has 6 heteroatoms. The van der Waals surface area contributed by atoms with Gasteiger partial charge in [0.2, 0.25) is 0 Å². The van der Waals surface area contributed by atoms with E-state index in [1.807, 2.05) is 13.8 Å². The van der Waals surface area contributed by atoms with Crippen LogP contribution in [0.1, 0.15) is 65.7 Å². The first-order chi connectivity index (χ1) is 13.1. The number of nitrogens with zero attached hydrogens (tertiary/aromatic N) is 1. The number of carboxylic acid groups (broad SMARTS) is 1. The summed E-state index contributed by atoms with van der Waals surface area (Å²) in [6, 6.07) is -0.190. The lowest BCUT2D eigenvalue weighted by molar-refractivity contribution is -0.144. The predicted octanol–water partition coefficient (Wildman–Crippen LogP) is 3.34. The zero-order valence-electron chi connectivity index (χ0n) is 17.7. The number of carboxylic acids is 1. The summed E-state index contributed by atoms with van der Waals surface area (Å²) >= 11 is 0. The van der Waals surface area contributed by atoms with Gasteiger partial charge in [-0.3, -0.25) is 4.79 Å². The second-order valence-corrected chi connectivity index (χ2v) is 10.6. The smallest absolute Gasteiger partial charge is 0.317 e. The first-order valence-electron chi connectivity index (χ1n) is 11.0. The van der Waals surface area contributed by atoms with Gasteiger partial charge in [0.25, 0.3) is 0 Å². The number of aliphatic carboxylic acids is 1. The molecule has 0 radical (unpaired) electrons. The van der Waals surface area contributed by atoms with Gasteiger partial charge in [-0.1, -0.05) is 20.8 Å². The largest absolute Gasteiger partial charge is 0.481 e. The third-order valence-electron chi connectivity index (χ3n) is 7.97. The Labute approximate surface area is 169 Å². The lowest BCUT2D eigenvalue weighted by Gasteiger charge is -2.57. The van der Waals surface area contributed by atoms with Gasteiger partial charge in [0.15, 0.2) is 0 Å². The molecule has 0 heterocycles. The van der Waals surface area contributed by atoms with E-state index < -0.39 is 17.3 Å². The second kappa shape index (κ2) is 8.21. The molecule has 28 heavy (non-hydrogen) atoms. The van der Waals surface area contributed by atoms with E-state index in [4.69, 9.17) is 0 Å². The van der Waals surface area contributed by atoms with Gasteiger partial charge in [0.1, 0.15) is 0 Å². The number of hydrogen-bond acceptors (Lipinski definition) is 3. The highest BCUT2D eigenvalue weighted by molar-refractivity contribution is 5.74. The van der Waals surface area contributed by atoms with E-state index in [1.165, 1.54) is 38.5 Å². The minimum absolute atomic E-state index is 0.0524. The summed E-state index contributed by atoms with van der Waals surface area (Å²) < 4.78 is 0. The van der Waals surface area contributed by atoms with Crippen molar-refractivity contribution >= 4 is 12.0 Å². The van der Waals surface area contributed by atoms with E-state index >= 15 is 0 Å². The Morgan fingerprint density at radius 2 is 1.64 bits per heavy atom. The molecule has 0 saturated heterocycles. The maximum absolute atomic E-state index is 12.7. The van der Waals surface area contributed by atoms with Gasteiger partial charge < -0.3 is 20.4 Å². The molecule has 1 atom stereocenters. The summed E-state index contributed by atoms with van der Waals surface area (Å²) in [5.41, 5.74) is -0.133. The van der Waals surface area contributed by atoms with Crippen molar-refractivity contribution in [2.24, 2.45) is 34.5 Å². The molecule has 160 valence electrons. The normalized spacial score (nSPS) is 32.2. The third kappa shape index (κ3) is 4.64. The van der Waals surface area contributed by atoms with Crippen LogP contribution in [0, 0.1) is 34.5 Å². The van der Waals surface area contributed by atoms with Gasteiger partial charge >= 0.3 is 12.0 Å². The van der Waals surface area contributed by atoms with Gasteiger partial charge in [-0.2, -0.15) is 0 Å². The Morgan fingerprint density at radius 3 is 2.11 bits per heavy atom. The molecule has 4 rings (SSSR count). The standard InChI is InChI=1S/C22H38N2O4/c1-15(19(26)27)21(2,3)14-23-20(28)24(6-7-25)5-4-22-11-16-8-17(12-22)10-18(9-16)13-22/h15-18,25H,4-14H2,1-3H3,(H,23,28)(H,26,27)/t15-,16?,17?,18?,22?/m1/s1. The highest BCUT2D eigenvalue weighted by Crippen LogP contribution is 2.61. The quantitative estimate of drug-likeness (QED) is 0.559. The van der Waals surface area contributed by atoms with Crippen molar-refractivity contribution in [3.8, 4) is 0 Å². The highest BCUT2D eigenvalue weighted by Gasteiger charge is 2.50. The lowest BCUT2D eigenvalue weighted by atomic mass is 9.49. The average molecular weight is 395 g/mol. The van der Waals surface area contributed by atoms with Crippen molar-refractivity contribution in [1.82, 2.24) is 10.2 Å². The van der Waals surface area contributed by atoms with Crippen molar-refractivity contribution in [2.75, 3.05) is 26.2 Å². The number of carbonyl (C=O) groups is 2. The molecule has 2 amide bonds. The van der Waals surface area contributed by atoms with Crippen molar-refractivity contribution in [2.45, 2.75) is 65.7 Å². The Morgan fingerprint density at radius 1 is 1.11 bits per heavy atom. The Hall–Kier alpha value is -1.30. The van der Waals surface area contributed by atoms with Crippen LogP contribution in [-0.4, -0.2) is 53.4 Å². The van der Waals surface area contributed by atoms with Crippen molar-refractivity contribution < 1.29 is 19.8 Å². The zero-order valence-corrected chi connectivity index (χ0v) is 17.7. The molecule has 6 nitrogen and oxygen atoms in total. The predicted molar refractivity (Wildman–Crippen MR) is 108 cm³/mol. The minimum atomic E-state index is -0.853. The Kier molecular flexibility index (Phi) is 6.28. The number of rotatable bonds is 9. The molecule has 3 N–H and O–H groups in total. The summed E-state index contributed by atoms with van der Waals surface area (Å²) in [5.74, 6) is 1.28. The molecule has 0 aromatic heterocycles. The maximum atomic E-state index is 12.7. The summed E-state index contributed by atoms with van der Waals surface area (Å²) in [7, 11) is 0. The van der Waals surface area contributed by atoms with Crippen molar-refractivity contribution in [1.29, 1.82) is 0 Å². The van der Waals surface area contributed by atoms with Crippen LogP contribution in [0.15, 0.2) is 0 Å². The second-order valence-electron chi connectivity index (χ2n) is 10.6. The third-order valence-corrected chi connectivity index (χ3v) is 7.97. The van der Waals surface area contributed by atoms with Crippen LogP contribution in [0.5, 0.6) is 0 Å². The molecule has 0 aromatic rings. The van der Waals surface area contributed by atoms with E-state index in [9.17, 15) is 19.8 Å². The fourth-order valence-corrected chi connectivity index (χ4v) is 6.31. The number of urea groups is 1. The minimum Gasteiger partial charge on any atom is -0.481 e. The van der Waals surface area contributed by atoms with Crippen LogP contribution in [-0.2, 0) is 4.79 Å². The van der Waals surface area contributed by atoms with E-state index in [2.05, 4.69) is 5.32 Å². The van der Waals surface area contributed by atoms with E-state index in [-0.39, 0.29) is 12.6 Å². The molecule has 0 aromatic carbocycles. The van der Waals surface area contributed by atoms with Gasteiger partial charge in [0.05, 0.1) is 12.5 Å². The molecule has 4 bridgehead atoms. The number of nitrogens with one attached hydrogen (secondary N) is 1. The number of amides is 2. The van der Waals surface area contributed by atoms with E-state index in [0.29, 0.717) is 25.0 Å². The zero-order chi connectivity index (χ0) is 20.5. The number of hydrogen-bond donors (Lipinski definition) is 3. The summed E-state index contributed by atoms with van der Waals surface area (Å²) in [6.45, 7) is 6.64. The van der Waals surface area contributed by atoms with Crippen molar-refractivity contribution in [3.63, 3.8) is 0 Å². The van der Waals surface area contributed by atoms with E-state index in [0.717, 1.165) is 24.2 Å². The topological polar surface area (TPSA) is 89.9 Å². The van der Waals surface area contributed by atoms with Crippen molar-refractivity contribution in [3.05, 3.63) is 0 Å². The molecular weight excluding hydrogens is 356 g/mol. The summed E-state index contributed by atoms with van der Waals surface area (Å²) in [5, 5.41) is 21.6. The Bertz CT molecular complexity index is 554. The van der Waals surface area contributed by atoms with Gasteiger partial charge in [-0.15, -0.1) is 0 Å². The van der Waals surface area contributed by atoms with Crippen LogP contribution >= 0.6 is 0 Å². The van der Waals surface area contributed by atoms with Crippen LogP contribution in [0.4, 0.5) is 4.79 Å². The maximum Gasteiger partial charge on any atom is 0.317 e. The SMILES string of the molecule is C[C@H](C(=O)O)C(C)(C)CNC(=O)N(CCO)CCC12CC3CC(CC(C3)C1)C2.